The number of hydrogen-bond donors (Lipinski definition) is 0. The van der Waals surface area contributed by atoms with Crippen molar-refractivity contribution >= 4 is 42.5 Å². The first kappa shape index (κ1) is 12.7. The summed E-state index contributed by atoms with van der Waals surface area (Å²) in [6.07, 6.45) is 3.66. The van der Waals surface area contributed by atoms with E-state index in [0.717, 1.165) is 27.8 Å². The molecule has 0 N–H and O–H groups in total. The normalized spacial score (nSPS) is 11.5. The molecule has 5 aromatic rings. The van der Waals surface area contributed by atoms with Crippen molar-refractivity contribution in [3.05, 3.63) is 67.0 Å². The largest absolute Gasteiger partial charge is 0.256 e. The fraction of sp³-hybridized carbons (Fsp3) is 0. The Labute approximate surface area is 136 Å². The molecule has 0 bridgehead atoms. The first-order valence-electron chi connectivity index (χ1n) is 7.38. The summed E-state index contributed by atoms with van der Waals surface area (Å²) in [7, 11) is 0. The molecule has 0 spiro atoms. The van der Waals surface area contributed by atoms with E-state index in [9.17, 15) is 0 Å². The molecular formula is C19H11N3S. The Kier molecular flexibility index (Phi) is 2.66. The molecule has 1 aromatic carbocycles. The Morgan fingerprint density at radius 2 is 1.74 bits per heavy atom. The highest BCUT2D eigenvalue weighted by Gasteiger charge is 2.09. The first-order valence-corrected chi connectivity index (χ1v) is 8.19. The van der Waals surface area contributed by atoms with Gasteiger partial charge < -0.3 is 0 Å². The van der Waals surface area contributed by atoms with E-state index in [-0.39, 0.29) is 0 Å². The van der Waals surface area contributed by atoms with E-state index in [4.69, 9.17) is 4.98 Å². The van der Waals surface area contributed by atoms with Gasteiger partial charge in [0.1, 0.15) is 0 Å². The Hall–Kier alpha value is -2.85. The van der Waals surface area contributed by atoms with Crippen LogP contribution in [0.15, 0.2) is 67.0 Å². The summed E-state index contributed by atoms with van der Waals surface area (Å²) in [5.74, 6) is 0. The molecule has 0 unspecified atom stereocenters. The highest BCUT2D eigenvalue weighted by molar-refractivity contribution is 7.25. The number of pyridine rings is 3. The van der Waals surface area contributed by atoms with Crippen LogP contribution in [0.5, 0.6) is 0 Å². The minimum Gasteiger partial charge on any atom is -0.256 e. The maximum Gasteiger partial charge on any atom is 0.0908 e. The third kappa shape index (κ3) is 1.99. The van der Waals surface area contributed by atoms with Crippen molar-refractivity contribution in [1.82, 2.24) is 15.0 Å². The van der Waals surface area contributed by atoms with E-state index in [2.05, 4.69) is 40.3 Å². The lowest BCUT2D eigenvalue weighted by molar-refractivity contribution is 1.28. The topological polar surface area (TPSA) is 38.7 Å². The Morgan fingerprint density at radius 1 is 0.783 bits per heavy atom. The predicted octanol–water partition coefficient (Wildman–Crippen LogP) is 5.06. The standard InChI is InChI=1S/C19H11N3S/c1-2-6-17-13(5-1)19-18(23-17)8-7-14(22-19)16-10-15-12(11-21-16)4-3-9-20-15/h1-11H. The molecule has 0 aliphatic heterocycles. The molecular weight excluding hydrogens is 302 g/mol. The lowest BCUT2D eigenvalue weighted by Crippen LogP contribution is -1.88. The summed E-state index contributed by atoms with van der Waals surface area (Å²) < 4.78 is 2.47. The Bertz CT molecular complexity index is 1180. The lowest BCUT2D eigenvalue weighted by atomic mass is 10.2. The van der Waals surface area contributed by atoms with E-state index in [1.807, 2.05) is 30.5 Å². The maximum absolute atomic E-state index is 4.86. The molecule has 5 rings (SSSR count). The van der Waals surface area contributed by atoms with Crippen LogP contribution in [0.2, 0.25) is 0 Å². The third-order valence-corrected chi connectivity index (χ3v) is 5.10. The average molecular weight is 313 g/mol. The van der Waals surface area contributed by atoms with Gasteiger partial charge in [0.25, 0.3) is 0 Å². The van der Waals surface area contributed by atoms with Crippen LogP contribution >= 0.6 is 11.3 Å². The smallest absolute Gasteiger partial charge is 0.0908 e. The fourth-order valence-corrected chi connectivity index (χ4v) is 3.89. The number of aromatic nitrogens is 3. The molecule has 0 fully saturated rings. The van der Waals surface area contributed by atoms with Crippen molar-refractivity contribution in [1.29, 1.82) is 0 Å². The summed E-state index contributed by atoms with van der Waals surface area (Å²) in [6.45, 7) is 0. The second kappa shape index (κ2) is 4.83. The zero-order chi connectivity index (χ0) is 15.2. The van der Waals surface area contributed by atoms with Gasteiger partial charge in [0.2, 0.25) is 0 Å². The van der Waals surface area contributed by atoms with Gasteiger partial charge in [-0.1, -0.05) is 18.2 Å². The fourth-order valence-electron chi connectivity index (χ4n) is 2.84. The maximum atomic E-state index is 4.86. The van der Waals surface area contributed by atoms with Gasteiger partial charge in [-0.3, -0.25) is 9.97 Å². The van der Waals surface area contributed by atoms with Gasteiger partial charge in [0, 0.05) is 27.9 Å². The SMILES string of the molecule is c1cnc2cc(-c3ccc4sc5ccccc5c4n3)ncc2c1. The van der Waals surface area contributed by atoms with Gasteiger partial charge >= 0.3 is 0 Å². The molecule has 0 amide bonds. The number of hydrogen-bond acceptors (Lipinski definition) is 4. The number of nitrogens with zero attached hydrogens (tertiary/aromatic N) is 3. The van der Waals surface area contributed by atoms with E-state index in [0.29, 0.717) is 0 Å². The first-order chi connectivity index (χ1) is 11.4. The summed E-state index contributed by atoms with van der Waals surface area (Å²) in [5, 5.41) is 2.24. The van der Waals surface area contributed by atoms with Crippen LogP contribution in [0.4, 0.5) is 0 Å². The van der Waals surface area contributed by atoms with Crippen molar-refractivity contribution in [3.8, 4) is 11.4 Å². The van der Waals surface area contributed by atoms with Gasteiger partial charge in [-0.2, -0.15) is 0 Å². The minimum absolute atomic E-state index is 0.855. The zero-order valence-electron chi connectivity index (χ0n) is 12.1. The number of benzene rings is 1. The minimum atomic E-state index is 0.855. The van der Waals surface area contributed by atoms with Crippen LogP contribution in [-0.4, -0.2) is 15.0 Å². The summed E-state index contributed by atoms with van der Waals surface area (Å²) in [6, 6.07) is 18.5. The summed E-state index contributed by atoms with van der Waals surface area (Å²) in [4.78, 5) is 13.8. The molecule has 0 saturated carbocycles. The highest BCUT2D eigenvalue weighted by Crippen LogP contribution is 2.33. The average Bonchev–Trinajstić information content (AvgIpc) is 2.99. The number of rotatable bonds is 1. The van der Waals surface area contributed by atoms with Crippen molar-refractivity contribution in [2.24, 2.45) is 0 Å². The molecule has 0 radical (unpaired) electrons. The van der Waals surface area contributed by atoms with Crippen LogP contribution < -0.4 is 0 Å². The third-order valence-electron chi connectivity index (χ3n) is 3.97. The molecule has 0 atom stereocenters. The Morgan fingerprint density at radius 3 is 2.74 bits per heavy atom. The predicted molar refractivity (Wildman–Crippen MR) is 95.7 cm³/mol. The van der Waals surface area contributed by atoms with E-state index >= 15 is 0 Å². The van der Waals surface area contributed by atoms with Gasteiger partial charge in [-0.25, -0.2) is 4.98 Å². The van der Waals surface area contributed by atoms with Crippen LogP contribution in [0.1, 0.15) is 0 Å². The van der Waals surface area contributed by atoms with E-state index in [1.54, 1.807) is 17.5 Å². The van der Waals surface area contributed by atoms with Gasteiger partial charge in [0.15, 0.2) is 0 Å². The molecule has 23 heavy (non-hydrogen) atoms. The van der Waals surface area contributed by atoms with Crippen molar-refractivity contribution in [3.63, 3.8) is 0 Å². The zero-order valence-corrected chi connectivity index (χ0v) is 12.9. The van der Waals surface area contributed by atoms with Gasteiger partial charge in [0.05, 0.1) is 27.1 Å². The van der Waals surface area contributed by atoms with Crippen LogP contribution in [0.3, 0.4) is 0 Å². The van der Waals surface area contributed by atoms with Gasteiger partial charge in [-0.15, -0.1) is 11.3 Å². The molecule has 3 nitrogen and oxygen atoms in total. The monoisotopic (exact) mass is 313 g/mol. The lowest BCUT2D eigenvalue weighted by Gasteiger charge is -2.02. The highest BCUT2D eigenvalue weighted by atomic mass is 32.1. The molecule has 0 aliphatic rings. The summed E-state index contributed by atoms with van der Waals surface area (Å²) >= 11 is 1.77. The van der Waals surface area contributed by atoms with Crippen molar-refractivity contribution in [2.45, 2.75) is 0 Å². The molecule has 108 valence electrons. The molecule has 0 saturated heterocycles. The van der Waals surface area contributed by atoms with Crippen LogP contribution in [0, 0.1) is 0 Å². The molecule has 4 aromatic heterocycles. The van der Waals surface area contributed by atoms with Crippen molar-refractivity contribution < 1.29 is 0 Å². The van der Waals surface area contributed by atoms with Crippen LogP contribution in [-0.2, 0) is 0 Å². The van der Waals surface area contributed by atoms with E-state index in [1.165, 1.54) is 14.8 Å². The number of thiophene rings is 1. The molecule has 0 aliphatic carbocycles. The molecule has 4 heterocycles. The summed E-state index contributed by atoms with van der Waals surface area (Å²) in [5.41, 5.74) is 3.72. The Balaban J connectivity index is 1.76. The quantitative estimate of drug-likeness (QED) is 0.434. The number of fused-ring (bicyclic) bond motifs is 4. The van der Waals surface area contributed by atoms with Crippen LogP contribution in [0.25, 0.3) is 42.6 Å². The van der Waals surface area contributed by atoms with Gasteiger partial charge in [-0.05, 0) is 36.4 Å². The molecule has 4 heteroatoms. The van der Waals surface area contributed by atoms with E-state index < -0.39 is 0 Å². The second-order valence-electron chi connectivity index (χ2n) is 5.41. The second-order valence-corrected chi connectivity index (χ2v) is 6.49. The van der Waals surface area contributed by atoms with Crippen molar-refractivity contribution in [2.75, 3.05) is 0 Å².